The average Bonchev–Trinajstić information content (AvgIpc) is 2.55. The van der Waals surface area contributed by atoms with Gasteiger partial charge in [0.1, 0.15) is 18.1 Å². The molecular weight excluding hydrogens is 349 g/mol. The summed E-state index contributed by atoms with van der Waals surface area (Å²) in [7, 11) is 0. The number of nitrogens with one attached hydrogen (secondary N) is 1. The predicted octanol–water partition coefficient (Wildman–Crippen LogP) is 4.96. The molecule has 0 spiro atoms. The van der Waals surface area contributed by atoms with Crippen LogP contribution in [0.25, 0.3) is 0 Å². The van der Waals surface area contributed by atoms with Crippen LogP contribution in [0.4, 0.5) is 5.69 Å². The Bertz CT molecular complexity index is 734. The van der Waals surface area contributed by atoms with Crippen molar-refractivity contribution in [2.24, 2.45) is 0 Å². The molecule has 0 aliphatic rings. The largest absolute Gasteiger partial charge is 0.489 e. The summed E-state index contributed by atoms with van der Waals surface area (Å²) in [5.74, 6) is 0.732. The molecular formula is C18H17Cl2NO3. The monoisotopic (exact) mass is 365 g/mol. The number of rotatable bonds is 7. The molecule has 1 atom stereocenters. The van der Waals surface area contributed by atoms with Gasteiger partial charge in [-0.05, 0) is 37.3 Å². The molecule has 126 valence electrons. The first kappa shape index (κ1) is 18.2. The van der Waals surface area contributed by atoms with E-state index in [1.807, 2.05) is 0 Å². The molecule has 1 unspecified atom stereocenters. The maximum atomic E-state index is 12.3. The van der Waals surface area contributed by atoms with Crippen molar-refractivity contribution in [3.63, 3.8) is 0 Å². The first-order valence-corrected chi connectivity index (χ1v) is 8.01. The van der Waals surface area contributed by atoms with Crippen LogP contribution in [-0.2, 0) is 4.79 Å². The zero-order chi connectivity index (χ0) is 17.5. The molecule has 2 rings (SSSR count). The first-order chi connectivity index (χ1) is 11.5. The minimum atomic E-state index is -0.735. The Hall–Kier alpha value is -2.17. The van der Waals surface area contributed by atoms with Gasteiger partial charge in [0, 0.05) is 16.8 Å². The molecule has 0 fully saturated rings. The zero-order valence-corrected chi connectivity index (χ0v) is 14.6. The van der Waals surface area contributed by atoms with E-state index in [4.69, 9.17) is 32.7 Å². The van der Waals surface area contributed by atoms with Crippen molar-refractivity contribution in [3.05, 3.63) is 65.2 Å². The molecule has 0 aliphatic carbocycles. The van der Waals surface area contributed by atoms with Crippen molar-refractivity contribution in [1.29, 1.82) is 0 Å². The van der Waals surface area contributed by atoms with Crippen LogP contribution in [0.15, 0.2) is 55.1 Å². The van der Waals surface area contributed by atoms with Crippen LogP contribution in [0.2, 0.25) is 10.0 Å². The summed E-state index contributed by atoms with van der Waals surface area (Å²) >= 11 is 11.9. The first-order valence-electron chi connectivity index (χ1n) is 7.26. The Morgan fingerprint density at radius 3 is 2.79 bits per heavy atom. The number of benzene rings is 2. The van der Waals surface area contributed by atoms with Gasteiger partial charge in [-0.2, -0.15) is 0 Å². The van der Waals surface area contributed by atoms with E-state index in [-0.39, 0.29) is 5.91 Å². The van der Waals surface area contributed by atoms with Crippen LogP contribution in [0.5, 0.6) is 11.5 Å². The third-order valence-electron chi connectivity index (χ3n) is 3.04. The molecule has 0 radical (unpaired) electrons. The van der Waals surface area contributed by atoms with Gasteiger partial charge in [-0.1, -0.05) is 41.9 Å². The van der Waals surface area contributed by atoms with Crippen LogP contribution in [0.3, 0.4) is 0 Å². The van der Waals surface area contributed by atoms with E-state index in [1.165, 1.54) is 0 Å². The third kappa shape index (κ3) is 5.18. The summed E-state index contributed by atoms with van der Waals surface area (Å²) in [6.07, 6.45) is 0.915. The van der Waals surface area contributed by atoms with Crippen LogP contribution in [0, 0.1) is 0 Å². The molecule has 1 amide bonds. The number of carbonyl (C=O) groups is 1. The molecule has 4 nitrogen and oxygen atoms in total. The molecule has 24 heavy (non-hydrogen) atoms. The Kier molecular flexibility index (Phi) is 6.53. The molecule has 0 bridgehead atoms. The number of amides is 1. The van der Waals surface area contributed by atoms with Gasteiger partial charge < -0.3 is 14.8 Å². The smallest absolute Gasteiger partial charge is 0.265 e. The Balaban J connectivity index is 1.99. The summed E-state index contributed by atoms with van der Waals surface area (Å²) < 4.78 is 11.0. The minimum Gasteiger partial charge on any atom is -0.489 e. The molecule has 2 aromatic carbocycles. The van der Waals surface area contributed by atoms with Crippen LogP contribution < -0.4 is 14.8 Å². The van der Waals surface area contributed by atoms with Crippen molar-refractivity contribution >= 4 is 34.8 Å². The molecule has 0 aromatic heterocycles. The summed E-state index contributed by atoms with van der Waals surface area (Å²) in [6.45, 7) is 5.62. The highest BCUT2D eigenvalue weighted by Crippen LogP contribution is 2.28. The molecule has 0 aliphatic heterocycles. The fourth-order valence-electron chi connectivity index (χ4n) is 1.88. The molecule has 2 aromatic rings. The predicted molar refractivity (Wildman–Crippen MR) is 97.3 cm³/mol. The van der Waals surface area contributed by atoms with Crippen LogP contribution in [0.1, 0.15) is 6.92 Å². The van der Waals surface area contributed by atoms with E-state index in [0.29, 0.717) is 33.8 Å². The number of halogens is 2. The topological polar surface area (TPSA) is 47.6 Å². The van der Waals surface area contributed by atoms with Gasteiger partial charge in [0.15, 0.2) is 6.10 Å². The van der Waals surface area contributed by atoms with Crippen molar-refractivity contribution < 1.29 is 14.3 Å². The number of hydrogen-bond acceptors (Lipinski definition) is 3. The summed E-state index contributed by atoms with van der Waals surface area (Å²) in [6, 6.07) is 11.9. The van der Waals surface area contributed by atoms with Gasteiger partial charge >= 0.3 is 0 Å². The fraction of sp³-hybridized carbons (Fsp3) is 0.167. The number of hydrogen-bond donors (Lipinski definition) is 1. The maximum absolute atomic E-state index is 12.3. The van der Waals surface area contributed by atoms with E-state index in [1.54, 1.807) is 55.5 Å². The highest BCUT2D eigenvalue weighted by atomic mass is 35.5. The normalized spacial score (nSPS) is 11.5. The van der Waals surface area contributed by atoms with Gasteiger partial charge in [-0.15, -0.1) is 0 Å². The zero-order valence-electron chi connectivity index (χ0n) is 13.1. The number of carbonyl (C=O) groups excluding carboxylic acids is 1. The lowest BCUT2D eigenvalue weighted by Gasteiger charge is -2.16. The van der Waals surface area contributed by atoms with Crippen LogP contribution in [-0.4, -0.2) is 18.6 Å². The number of anilines is 1. The SMILES string of the molecule is C=CCOc1cccc(NC(=O)C(C)Oc2ccc(Cl)cc2Cl)c1. The van der Waals surface area contributed by atoms with Gasteiger partial charge in [0.25, 0.3) is 5.91 Å². The molecule has 6 heteroatoms. The lowest BCUT2D eigenvalue weighted by atomic mass is 10.2. The summed E-state index contributed by atoms with van der Waals surface area (Å²) in [5.41, 5.74) is 0.610. The third-order valence-corrected chi connectivity index (χ3v) is 3.57. The van der Waals surface area contributed by atoms with E-state index in [0.717, 1.165) is 0 Å². The Morgan fingerprint density at radius 1 is 1.29 bits per heavy atom. The van der Waals surface area contributed by atoms with E-state index in [9.17, 15) is 4.79 Å². The maximum Gasteiger partial charge on any atom is 0.265 e. The average molecular weight is 366 g/mol. The molecule has 0 saturated carbocycles. The Labute approximate surface area is 151 Å². The van der Waals surface area contributed by atoms with E-state index in [2.05, 4.69) is 11.9 Å². The van der Waals surface area contributed by atoms with E-state index < -0.39 is 6.10 Å². The minimum absolute atomic E-state index is 0.304. The summed E-state index contributed by atoms with van der Waals surface area (Å²) in [5, 5.41) is 3.62. The molecule has 1 N–H and O–H groups in total. The lowest BCUT2D eigenvalue weighted by molar-refractivity contribution is -0.122. The molecule has 0 saturated heterocycles. The van der Waals surface area contributed by atoms with Gasteiger partial charge in [0.05, 0.1) is 5.02 Å². The van der Waals surface area contributed by atoms with E-state index >= 15 is 0 Å². The second-order valence-corrected chi connectivity index (χ2v) is 5.80. The van der Waals surface area contributed by atoms with Gasteiger partial charge in [-0.3, -0.25) is 4.79 Å². The van der Waals surface area contributed by atoms with Crippen molar-refractivity contribution in [2.75, 3.05) is 11.9 Å². The standard InChI is InChI=1S/C18H17Cl2NO3/c1-3-9-23-15-6-4-5-14(11-15)21-18(22)12(2)24-17-8-7-13(19)10-16(17)20/h3-8,10-12H,1,9H2,2H3,(H,21,22). The quantitative estimate of drug-likeness (QED) is 0.705. The highest BCUT2D eigenvalue weighted by molar-refractivity contribution is 6.35. The number of ether oxygens (including phenoxy) is 2. The van der Waals surface area contributed by atoms with Gasteiger partial charge in [0.2, 0.25) is 0 Å². The second kappa shape index (κ2) is 8.62. The molecule has 0 heterocycles. The van der Waals surface area contributed by atoms with Crippen LogP contribution >= 0.6 is 23.2 Å². The lowest BCUT2D eigenvalue weighted by Crippen LogP contribution is -2.30. The highest BCUT2D eigenvalue weighted by Gasteiger charge is 2.16. The second-order valence-electron chi connectivity index (χ2n) is 4.95. The van der Waals surface area contributed by atoms with Crippen molar-refractivity contribution in [3.8, 4) is 11.5 Å². The summed E-state index contributed by atoms with van der Waals surface area (Å²) in [4.78, 5) is 12.3. The van der Waals surface area contributed by atoms with Crippen molar-refractivity contribution in [1.82, 2.24) is 0 Å². The fourth-order valence-corrected chi connectivity index (χ4v) is 2.33. The van der Waals surface area contributed by atoms with Gasteiger partial charge in [-0.25, -0.2) is 0 Å². The van der Waals surface area contributed by atoms with Crippen molar-refractivity contribution in [2.45, 2.75) is 13.0 Å². The Morgan fingerprint density at radius 2 is 2.08 bits per heavy atom.